The van der Waals surface area contributed by atoms with E-state index < -0.39 is 0 Å². The van der Waals surface area contributed by atoms with E-state index in [0.29, 0.717) is 17.7 Å². The van der Waals surface area contributed by atoms with Crippen molar-refractivity contribution in [2.24, 2.45) is 0 Å². The number of phenols is 1. The average Bonchev–Trinajstić information content (AvgIpc) is 2.31. The SMILES string of the molecule is CCC(COC)NC(=O)c1cccc(C)c1O. The molecule has 0 saturated carbocycles. The highest BCUT2D eigenvalue weighted by molar-refractivity contribution is 5.97. The van der Waals surface area contributed by atoms with Gasteiger partial charge in [-0.15, -0.1) is 0 Å². The van der Waals surface area contributed by atoms with Crippen LogP contribution in [0.5, 0.6) is 5.75 Å². The number of methoxy groups -OCH3 is 1. The normalized spacial score (nSPS) is 12.2. The molecule has 1 aromatic carbocycles. The number of hydrogen-bond acceptors (Lipinski definition) is 3. The van der Waals surface area contributed by atoms with Crippen LogP contribution < -0.4 is 5.32 Å². The molecule has 2 N–H and O–H groups in total. The van der Waals surface area contributed by atoms with E-state index in [0.717, 1.165) is 6.42 Å². The van der Waals surface area contributed by atoms with Crippen molar-refractivity contribution >= 4 is 5.91 Å². The number of phenolic OH excluding ortho intramolecular Hbond substituents is 1. The first kappa shape index (κ1) is 13.5. The molecule has 0 saturated heterocycles. The number of amides is 1. The maximum absolute atomic E-state index is 11.9. The Hall–Kier alpha value is -1.55. The lowest BCUT2D eigenvalue weighted by atomic mass is 10.1. The van der Waals surface area contributed by atoms with Crippen LogP contribution in [0, 0.1) is 6.92 Å². The monoisotopic (exact) mass is 237 g/mol. The number of para-hydroxylation sites is 1. The molecule has 0 radical (unpaired) electrons. The summed E-state index contributed by atoms with van der Waals surface area (Å²) in [4.78, 5) is 11.9. The second-order valence-electron chi connectivity index (χ2n) is 4.01. The maximum Gasteiger partial charge on any atom is 0.255 e. The summed E-state index contributed by atoms with van der Waals surface area (Å²) in [7, 11) is 1.60. The van der Waals surface area contributed by atoms with Crippen LogP contribution in [0.25, 0.3) is 0 Å². The Morgan fingerprint density at radius 2 is 2.24 bits per heavy atom. The highest BCUT2D eigenvalue weighted by atomic mass is 16.5. The summed E-state index contributed by atoms with van der Waals surface area (Å²) >= 11 is 0. The van der Waals surface area contributed by atoms with E-state index >= 15 is 0 Å². The van der Waals surface area contributed by atoms with E-state index in [1.165, 1.54) is 0 Å². The molecule has 0 aromatic heterocycles. The Morgan fingerprint density at radius 1 is 1.53 bits per heavy atom. The summed E-state index contributed by atoms with van der Waals surface area (Å²) in [6.45, 7) is 4.20. The minimum absolute atomic E-state index is 0.0348. The minimum atomic E-state index is -0.268. The van der Waals surface area contributed by atoms with Crippen molar-refractivity contribution in [3.63, 3.8) is 0 Å². The fourth-order valence-electron chi connectivity index (χ4n) is 1.57. The predicted octanol–water partition coefficient (Wildman–Crippen LogP) is 1.86. The van der Waals surface area contributed by atoms with Crippen molar-refractivity contribution < 1.29 is 14.6 Å². The molecule has 1 unspecified atom stereocenters. The Labute approximate surface area is 102 Å². The topological polar surface area (TPSA) is 58.6 Å². The molecular weight excluding hydrogens is 218 g/mol. The van der Waals surface area contributed by atoms with E-state index in [4.69, 9.17) is 4.74 Å². The third kappa shape index (κ3) is 3.46. The lowest BCUT2D eigenvalue weighted by Crippen LogP contribution is -2.37. The number of ether oxygens (including phenoxy) is 1. The molecule has 0 fully saturated rings. The van der Waals surface area contributed by atoms with Gasteiger partial charge in [0.1, 0.15) is 5.75 Å². The lowest BCUT2D eigenvalue weighted by molar-refractivity contribution is 0.0892. The summed E-state index contributed by atoms with van der Waals surface area (Å²) in [5, 5.41) is 12.6. The summed E-state index contributed by atoms with van der Waals surface area (Å²) in [5.41, 5.74) is 0.997. The summed E-state index contributed by atoms with van der Waals surface area (Å²) in [6.07, 6.45) is 0.784. The highest BCUT2D eigenvalue weighted by Gasteiger charge is 2.15. The standard InChI is InChI=1S/C13H19NO3/c1-4-10(8-17-3)14-13(16)11-7-5-6-9(2)12(11)15/h5-7,10,15H,4,8H2,1-3H3,(H,14,16). The van der Waals surface area contributed by atoms with Gasteiger partial charge in [-0.2, -0.15) is 0 Å². The number of benzene rings is 1. The van der Waals surface area contributed by atoms with Gasteiger partial charge >= 0.3 is 0 Å². The van der Waals surface area contributed by atoms with Crippen LogP contribution in [0.1, 0.15) is 29.3 Å². The zero-order chi connectivity index (χ0) is 12.8. The van der Waals surface area contributed by atoms with E-state index in [1.54, 1.807) is 32.2 Å². The third-order valence-corrected chi connectivity index (χ3v) is 2.68. The smallest absolute Gasteiger partial charge is 0.255 e. The number of carbonyl (C=O) groups is 1. The Morgan fingerprint density at radius 3 is 2.82 bits per heavy atom. The minimum Gasteiger partial charge on any atom is -0.507 e. The van der Waals surface area contributed by atoms with Gasteiger partial charge in [0, 0.05) is 7.11 Å². The first-order chi connectivity index (χ1) is 8.10. The fraction of sp³-hybridized carbons (Fsp3) is 0.462. The molecule has 1 rings (SSSR count). The zero-order valence-corrected chi connectivity index (χ0v) is 10.5. The van der Waals surface area contributed by atoms with Gasteiger partial charge in [-0.3, -0.25) is 4.79 Å². The van der Waals surface area contributed by atoms with Crippen molar-refractivity contribution in [3.8, 4) is 5.75 Å². The number of rotatable bonds is 5. The van der Waals surface area contributed by atoms with E-state index in [9.17, 15) is 9.90 Å². The molecular formula is C13H19NO3. The molecule has 0 aliphatic rings. The molecule has 4 heteroatoms. The number of hydrogen-bond donors (Lipinski definition) is 2. The first-order valence-corrected chi connectivity index (χ1v) is 5.68. The van der Waals surface area contributed by atoms with Crippen molar-refractivity contribution in [3.05, 3.63) is 29.3 Å². The van der Waals surface area contributed by atoms with Gasteiger partial charge in [0.25, 0.3) is 5.91 Å². The number of aromatic hydroxyl groups is 1. The lowest BCUT2D eigenvalue weighted by Gasteiger charge is -2.16. The van der Waals surface area contributed by atoms with Crippen molar-refractivity contribution in [2.45, 2.75) is 26.3 Å². The molecule has 0 spiro atoms. The van der Waals surface area contributed by atoms with Crippen LogP contribution in [0.2, 0.25) is 0 Å². The second kappa shape index (κ2) is 6.25. The molecule has 1 aromatic rings. The molecule has 0 aliphatic heterocycles. The fourth-order valence-corrected chi connectivity index (χ4v) is 1.57. The van der Waals surface area contributed by atoms with Crippen LogP contribution >= 0.6 is 0 Å². The van der Waals surface area contributed by atoms with Gasteiger partial charge < -0.3 is 15.2 Å². The Kier molecular flexibility index (Phi) is 4.97. The van der Waals surface area contributed by atoms with E-state index in [-0.39, 0.29) is 17.7 Å². The number of carbonyl (C=O) groups excluding carboxylic acids is 1. The van der Waals surface area contributed by atoms with Crippen LogP contribution in [0.3, 0.4) is 0 Å². The first-order valence-electron chi connectivity index (χ1n) is 5.68. The molecule has 0 heterocycles. The van der Waals surface area contributed by atoms with Gasteiger partial charge in [-0.25, -0.2) is 0 Å². The third-order valence-electron chi connectivity index (χ3n) is 2.68. The number of aryl methyl sites for hydroxylation is 1. The molecule has 17 heavy (non-hydrogen) atoms. The van der Waals surface area contributed by atoms with Gasteiger partial charge in [0.15, 0.2) is 0 Å². The molecule has 1 atom stereocenters. The van der Waals surface area contributed by atoms with E-state index in [2.05, 4.69) is 5.32 Å². The van der Waals surface area contributed by atoms with Crippen molar-refractivity contribution in [2.75, 3.05) is 13.7 Å². The van der Waals surface area contributed by atoms with Gasteiger partial charge in [-0.05, 0) is 25.0 Å². The Balaban J connectivity index is 2.79. The summed E-state index contributed by atoms with van der Waals surface area (Å²) in [5.74, 6) is -0.229. The van der Waals surface area contributed by atoms with Crippen LogP contribution in [0.15, 0.2) is 18.2 Å². The van der Waals surface area contributed by atoms with Gasteiger partial charge in [-0.1, -0.05) is 19.1 Å². The van der Waals surface area contributed by atoms with Gasteiger partial charge in [0.2, 0.25) is 0 Å². The predicted molar refractivity (Wildman–Crippen MR) is 66.3 cm³/mol. The Bertz CT molecular complexity index is 390. The molecule has 94 valence electrons. The summed E-state index contributed by atoms with van der Waals surface area (Å²) in [6, 6.07) is 5.09. The van der Waals surface area contributed by atoms with E-state index in [1.807, 2.05) is 6.92 Å². The van der Waals surface area contributed by atoms with Crippen molar-refractivity contribution in [1.82, 2.24) is 5.32 Å². The van der Waals surface area contributed by atoms with Crippen LogP contribution in [-0.2, 0) is 4.74 Å². The molecule has 0 bridgehead atoms. The van der Waals surface area contributed by atoms with Crippen LogP contribution in [0.4, 0.5) is 0 Å². The molecule has 0 aliphatic carbocycles. The maximum atomic E-state index is 11.9. The summed E-state index contributed by atoms with van der Waals surface area (Å²) < 4.78 is 5.01. The number of nitrogens with one attached hydrogen (secondary N) is 1. The molecule has 1 amide bonds. The average molecular weight is 237 g/mol. The van der Waals surface area contributed by atoms with Crippen LogP contribution in [-0.4, -0.2) is 30.8 Å². The van der Waals surface area contributed by atoms with Crippen molar-refractivity contribution in [1.29, 1.82) is 0 Å². The van der Waals surface area contributed by atoms with Gasteiger partial charge in [0.05, 0.1) is 18.2 Å². The second-order valence-corrected chi connectivity index (χ2v) is 4.01. The quantitative estimate of drug-likeness (QED) is 0.821. The highest BCUT2D eigenvalue weighted by Crippen LogP contribution is 2.21. The molecule has 4 nitrogen and oxygen atoms in total. The largest absolute Gasteiger partial charge is 0.507 e. The zero-order valence-electron chi connectivity index (χ0n) is 10.5.